The lowest BCUT2D eigenvalue weighted by atomic mass is 10.0. The number of nitrogens with zero attached hydrogens (tertiary/aromatic N) is 3. The SMILES string of the molecule is CCn1c(COc2ccc(C)c(C)c2)nnc1SCC(=O)Nc1scc(-c2ccc(C)cc2)c1C(=O)OC. The molecule has 0 aliphatic heterocycles. The Morgan fingerprint density at radius 2 is 1.82 bits per heavy atom. The van der Waals surface area contributed by atoms with Crippen molar-refractivity contribution in [1.82, 2.24) is 14.8 Å². The van der Waals surface area contributed by atoms with E-state index >= 15 is 0 Å². The number of ether oxygens (including phenoxy) is 2. The summed E-state index contributed by atoms with van der Waals surface area (Å²) in [6.45, 7) is 9.01. The molecule has 0 radical (unpaired) electrons. The summed E-state index contributed by atoms with van der Waals surface area (Å²) in [4.78, 5) is 25.5. The highest BCUT2D eigenvalue weighted by molar-refractivity contribution is 7.99. The van der Waals surface area contributed by atoms with Crippen LogP contribution in [0.2, 0.25) is 0 Å². The number of benzene rings is 2. The van der Waals surface area contributed by atoms with E-state index in [1.165, 1.54) is 35.8 Å². The van der Waals surface area contributed by atoms with Gasteiger partial charge in [-0.05, 0) is 56.5 Å². The Hall–Kier alpha value is -3.63. The Balaban J connectivity index is 1.42. The molecule has 38 heavy (non-hydrogen) atoms. The van der Waals surface area contributed by atoms with Crippen LogP contribution in [-0.4, -0.2) is 39.5 Å². The van der Waals surface area contributed by atoms with Crippen LogP contribution in [0.3, 0.4) is 0 Å². The first-order valence-electron chi connectivity index (χ1n) is 12.1. The number of aromatic nitrogens is 3. The molecular weight excluding hydrogens is 520 g/mol. The topological polar surface area (TPSA) is 95.3 Å². The largest absolute Gasteiger partial charge is 0.486 e. The molecule has 0 aliphatic rings. The van der Waals surface area contributed by atoms with Gasteiger partial charge < -0.3 is 19.4 Å². The van der Waals surface area contributed by atoms with E-state index in [1.54, 1.807) is 0 Å². The van der Waals surface area contributed by atoms with Crippen LogP contribution in [-0.2, 0) is 22.7 Å². The van der Waals surface area contributed by atoms with Crippen LogP contribution in [0.5, 0.6) is 5.75 Å². The van der Waals surface area contributed by atoms with Crippen LogP contribution >= 0.6 is 23.1 Å². The third-order valence-electron chi connectivity index (χ3n) is 6.08. The van der Waals surface area contributed by atoms with Crippen LogP contribution in [0.15, 0.2) is 53.0 Å². The van der Waals surface area contributed by atoms with Gasteiger partial charge in [0.1, 0.15) is 22.9 Å². The van der Waals surface area contributed by atoms with Crippen molar-refractivity contribution in [3.63, 3.8) is 0 Å². The van der Waals surface area contributed by atoms with Crippen molar-refractivity contribution in [2.24, 2.45) is 0 Å². The van der Waals surface area contributed by atoms with Gasteiger partial charge in [0.15, 0.2) is 11.0 Å². The fourth-order valence-corrected chi connectivity index (χ4v) is 5.59. The second kappa shape index (κ2) is 12.3. The zero-order valence-electron chi connectivity index (χ0n) is 22.0. The third kappa shape index (κ3) is 6.25. The van der Waals surface area contributed by atoms with Gasteiger partial charge in [-0.3, -0.25) is 4.79 Å². The van der Waals surface area contributed by atoms with Gasteiger partial charge in [-0.25, -0.2) is 4.79 Å². The van der Waals surface area contributed by atoms with E-state index in [1.807, 2.05) is 73.2 Å². The van der Waals surface area contributed by atoms with E-state index in [-0.39, 0.29) is 18.3 Å². The van der Waals surface area contributed by atoms with Crippen molar-refractivity contribution in [3.05, 3.63) is 75.9 Å². The maximum Gasteiger partial charge on any atom is 0.341 e. The minimum Gasteiger partial charge on any atom is -0.486 e. The summed E-state index contributed by atoms with van der Waals surface area (Å²) in [6.07, 6.45) is 0. The summed E-state index contributed by atoms with van der Waals surface area (Å²) in [6, 6.07) is 13.8. The number of carbonyl (C=O) groups excluding carboxylic acids is 2. The maximum absolute atomic E-state index is 12.9. The average molecular weight is 551 g/mol. The number of nitrogens with one attached hydrogen (secondary N) is 1. The number of amides is 1. The third-order valence-corrected chi connectivity index (χ3v) is 7.95. The van der Waals surface area contributed by atoms with Crippen molar-refractivity contribution in [2.75, 3.05) is 18.2 Å². The van der Waals surface area contributed by atoms with Crippen molar-refractivity contribution >= 4 is 40.0 Å². The van der Waals surface area contributed by atoms with Gasteiger partial charge in [-0.15, -0.1) is 21.5 Å². The van der Waals surface area contributed by atoms with Crippen LogP contribution in [0.4, 0.5) is 5.00 Å². The Kier molecular flexibility index (Phi) is 8.85. The number of thioether (sulfide) groups is 1. The highest BCUT2D eigenvalue weighted by Gasteiger charge is 2.23. The normalized spacial score (nSPS) is 10.9. The van der Waals surface area contributed by atoms with Gasteiger partial charge in [-0.2, -0.15) is 0 Å². The van der Waals surface area contributed by atoms with E-state index < -0.39 is 5.97 Å². The molecular formula is C28H30N4O4S2. The highest BCUT2D eigenvalue weighted by atomic mass is 32.2. The number of carbonyl (C=O) groups is 2. The van der Waals surface area contributed by atoms with E-state index in [4.69, 9.17) is 9.47 Å². The molecule has 2 aromatic carbocycles. The zero-order chi connectivity index (χ0) is 27.2. The fraction of sp³-hybridized carbons (Fsp3) is 0.286. The Bertz CT molecular complexity index is 1440. The van der Waals surface area contributed by atoms with Gasteiger partial charge in [0.05, 0.1) is 12.9 Å². The summed E-state index contributed by atoms with van der Waals surface area (Å²) in [7, 11) is 1.33. The van der Waals surface area contributed by atoms with Crippen molar-refractivity contribution in [1.29, 1.82) is 0 Å². The number of hydrogen-bond donors (Lipinski definition) is 1. The van der Waals surface area contributed by atoms with Crippen molar-refractivity contribution < 1.29 is 19.1 Å². The van der Waals surface area contributed by atoms with Crippen LogP contribution in [0, 0.1) is 20.8 Å². The first-order chi connectivity index (χ1) is 18.3. The Morgan fingerprint density at radius 3 is 2.50 bits per heavy atom. The molecule has 4 rings (SSSR count). The minimum atomic E-state index is -0.496. The molecule has 198 valence electrons. The average Bonchev–Trinajstić information content (AvgIpc) is 3.51. The molecule has 0 saturated heterocycles. The lowest BCUT2D eigenvalue weighted by molar-refractivity contribution is -0.113. The molecule has 0 unspecified atom stereocenters. The standard InChI is InChI=1S/C28H30N4O4S2/c1-6-32-23(14-36-21-12-9-18(3)19(4)13-21)30-31-28(32)38-16-24(33)29-26-25(27(34)35-5)22(15-37-26)20-10-7-17(2)8-11-20/h7-13,15H,6,14,16H2,1-5H3,(H,29,33). The molecule has 1 N–H and O–H groups in total. The number of hydrogen-bond acceptors (Lipinski definition) is 8. The molecule has 0 atom stereocenters. The van der Waals surface area contributed by atoms with E-state index in [2.05, 4.69) is 22.4 Å². The zero-order valence-corrected chi connectivity index (χ0v) is 23.7. The second-order valence-corrected chi connectivity index (χ2v) is 10.5. The highest BCUT2D eigenvalue weighted by Crippen LogP contribution is 2.36. The first kappa shape index (κ1) is 27.4. The summed E-state index contributed by atoms with van der Waals surface area (Å²) in [5, 5.41) is 14.3. The predicted octanol–water partition coefficient (Wildman–Crippen LogP) is 6.05. The van der Waals surface area contributed by atoms with E-state index in [0.717, 1.165) is 28.0 Å². The molecule has 0 fully saturated rings. The molecule has 2 aromatic heterocycles. The molecule has 10 heteroatoms. The summed E-state index contributed by atoms with van der Waals surface area (Å²) >= 11 is 2.58. The monoisotopic (exact) mass is 550 g/mol. The predicted molar refractivity (Wildman–Crippen MR) is 151 cm³/mol. The molecule has 0 saturated carbocycles. The quantitative estimate of drug-likeness (QED) is 0.190. The van der Waals surface area contributed by atoms with Crippen LogP contribution in [0.1, 0.15) is 39.8 Å². The lowest BCUT2D eigenvalue weighted by Gasteiger charge is -2.10. The number of rotatable bonds is 10. The van der Waals surface area contributed by atoms with Gasteiger partial charge in [0, 0.05) is 17.5 Å². The van der Waals surface area contributed by atoms with Gasteiger partial charge in [0.25, 0.3) is 0 Å². The molecule has 0 bridgehead atoms. The van der Waals surface area contributed by atoms with Gasteiger partial charge in [-0.1, -0.05) is 47.7 Å². The van der Waals surface area contributed by atoms with E-state index in [0.29, 0.717) is 28.1 Å². The second-order valence-electron chi connectivity index (χ2n) is 8.73. The van der Waals surface area contributed by atoms with Crippen LogP contribution < -0.4 is 10.1 Å². The number of thiophene rings is 1. The summed E-state index contributed by atoms with van der Waals surface area (Å²) < 4.78 is 12.9. The van der Waals surface area contributed by atoms with Crippen molar-refractivity contribution in [2.45, 2.75) is 46.0 Å². The molecule has 1 amide bonds. The number of methoxy groups -OCH3 is 1. The number of anilines is 1. The molecule has 0 aliphatic carbocycles. The number of aryl methyl sites for hydroxylation is 3. The maximum atomic E-state index is 12.9. The molecule has 8 nitrogen and oxygen atoms in total. The summed E-state index contributed by atoms with van der Waals surface area (Å²) in [5.41, 5.74) is 5.45. The first-order valence-corrected chi connectivity index (χ1v) is 14.0. The summed E-state index contributed by atoms with van der Waals surface area (Å²) in [5.74, 6) is 0.811. The molecule has 2 heterocycles. The van der Waals surface area contributed by atoms with Gasteiger partial charge >= 0.3 is 5.97 Å². The van der Waals surface area contributed by atoms with E-state index in [9.17, 15) is 9.59 Å². The fourth-order valence-electron chi connectivity index (χ4n) is 3.79. The lowest BCUT2D eigenvalue weighted by Crippen LogP contribution is -2.16. The number of esters is 1. The molecule has 4 aromatic rings. The Morgan fingerprint density at radius 1 is 1.05 bits per heavy atom. The van der Waals surface area contributed by atoms with Crippen LogP contribution in [0.25, 0.3) is 11.1 Å². The Labute approximate surface area is 230 Å². The van der Waals surface area contributed by atoms with Gasteiger partial charge in [0.2, 0.25) is 5.91 Å². The minimum absolute atomic E-state index is 0.106. The smallest absolute Gasteiger partial charge is 0.341 e. The van der Waals surface area contributed by atoms with Crippen molar-refractivity contribution in [3.8, 4) is 16.9 Å². The molecule has 0 spiro atoms.